The number of ether oxygens (including phenoxy) is 1. The van der Waals surface area contributed by atoms with Crippen LogP contribution in [0.4, 0.5) is 0 Å². The standard InChI is InChI=1S/C17H21N2O2.ClH/c1-14(20)18(2)12-16-8-10-19(11-9-16)13-15-4-6-17(21-3)7-5-15;/h4-11H,12-13H2,1-3H3;1H/q+1;/p-1. The van der Waals surface area contributed by atoms with Crippen LogP contribution in [0.15, 0.2) is 48.8 Å². The Labute approximate surface area is 137 Å². The van der Waals surface area contributed by atoms with Crippen molar-refractivity contribution in [2.24, 2.45) is 0 Å². The zero-order chi connectivity index (χ0) is 15.2. The number of pyridine rings is 1. The van der Waals surface area contributed by atoms with E-state index in [1.165, 1.54) is 5.56 Å². The predicted molar refractivity (Wildman–Crippen MR) is 80.9 cm³/mol. The van der Waals surface area contributed by atoms with Gasteiger partial charge in [-0.15, -0.1) is 0 Å². The Hall–Kier alpha value is -2.07. The number of nitrogens with zero attached hydrogens (tertiary/aromatic N) is 2. The summed E-state index contributed by atoms with van der Waals surface area (Å²) in [5.74, 6) is 0.941. The molecule has 0 bridgehead atoms. The molecule has 0 spiro atoms. The first kappa shape index (κ1) is 18.0. The minimum absolute atomic E-state index is 0. The first-order chi connectivity index (χ1) is 10.1. The molecule has 0 N–H and O–H groups in total. The number of rotatable bonds is 5. The van der Waals surface area contributed by atoms with Crippen molar-refractivity contribution in [3.63, 3.8) is 0 Å². The summed E-state index contributed by atoms with van der Waals surface area (Å²) in [6, 6.07) is 12.1. The molecule has 0 fully saturated rings. The summed E-state index contributed by atoms with van der Waals surface area (Å²) in [7, 11) is 3.47. The number of methoxy groups -OCH3 is 1. The van der Waals surface area contributed by atoms with Gasteiger partial charge < -0.3 is 22.0 Å². The monoisotopic (exact) mass is 320 g/mol. The van der Waals surface area contributed by atoms with Crippen molar-refractivity contribution in [3.05, 3.63) is 59.9 Å². The molecule has 1 aromatic carbocycles. The largest absolute Gasteiger partial charge is 1.00 e. The lowest BCUT2D eigenvalue weighted by atomic mass is 10.2. The molecule has 1 heterocycles. The van der Waals surface area contributed by atoms with Gasteiger partial charge in [0.15, 0.2) is 18.9 Å². The Morgan fingerprint density at radius 2 is 1.68 bits per heavy atom. The van der Waals surface area contributed by atoms with Crippen molar-refractivity contribution in [1.82, 2.24) is 4.90 Å². The van der Waals surface area contributed by atoms with Crippen LogP contribution in [0.25, 0.3) is 0 Å². The quantitative estimate of drug-likeness (QED) is 0.663. The highest BCUT2D eigenvalue weighted by Crippen LogP contribution is 2.11. The van der Waals surface area contributed by atoms with Crippen molar-refractivity contribution < 1.29 is 26.5 Å². The number of hydrogen-bond acceptors (Lipinski definition) is 2. The van der Waals surface area contributed by atoms with Gasteiger partial charge in [0.05, 0.1) is 7.11 Å². The second-order valence-electron chi connectivity index (χ2n) is 5.10. The average Bonchev–Trinajstić information content (AvgIpc) is 2.50. The van der Waals surface area contributed by atoms with E-state index in [9.17, 15) is 4.79 Å². The lowest BCUT2D eigenvalue weighted by Crippen LogP contribution is -3.00. The first-order valence-corrected chi connectivity index (χ1v) is 6.91. The van der Waals surface area contributed by atoms with E-state index in [2.05, 4.69) is 16.7 Å². The normalized spacial score (nSPS) is 9.77. The molecule has 0 atom stereocenters. The number of halogens is 1. The molecule has 0 aliphatic carbocycles. The van der Waals surface area contributed by atoms with E-state index in [0.29, 0.717) is 6.54 Å². The van der Waals surface area contributed by atoms with Gasteiger partial charge in [-0.2, -0.15) is 0 Å². The summed E-state index contributed by atoms with van der Waals surface area (Å²) in [6.07, 6.45) is 4.07. The topological polar surface area (TPSA) is 33.4 Å². The maximum absolute atomic E-state index is 11.2. The SMILES string of the molecule is COc1ccc(C[n+]2ccc(CN(C)C(C)=O)cc2)cc1.[Cl-]. The number of hydrogen-bond donors (Lipinski definition) is 0. The highest BCUT2D eigenvalue weighted by atomic mass is 35.5. The Kier molecular flexibility index (Phi) is 6.86. The van der Waals surface area contributed by atoms with Crippen LogP contribution in [0.3, 0.4) is 0 Å². The lowest BCUT2D eigenvalue weighted by molar-refractivity contribution is -0.688. The molecule has 2 aromatic rings. The fourth-order valence-corrected chi connectivity index (χ4v) is 2.03. The molecule has 4 nitrogen and oxygen atoms in total. The van der Waals surface area contributed by atoms with Crippen LogP contribution in [0.5, 0.6) is 5.75 Å². The number of carbonyl (C=O) groups is 1. The van der Waals surface area contributed by atoms with Gasteiger partial charge in [-0.05, 0) is 29.8 Å². The number of aromatic nitrogens is 1. The van der Waals surface area contributed by atoms with Crippen LogP contribution in [-0.2, 0) is 17.9 Å². The van der Waals surface area contributed by atoms with Crippen molar-refractivity contribution in [3.8, 4) is 5.75 Å². The van der Waals surface area contributed by atoms with E-state index in [-0.39, 0.29) is 18.3 Å². The van der Waals surface area contributed by atoms with E-state index >= 15 is 0 Å². The van der Waals surface area contributed by atoms with Crippen LogP contribution >= 0.6 is 0 Å². The van der Waals surface area contributed by atoms with Crippen molar-refractivity contribution in [1.29, 1.82) is 0 Å². The number of benzene rings is 1. The van der Waals surface area contributed by atoms with E-state index in [1.807, 2.05) is 36.7 Å². The number of carbonyl (C=O) groups excluding carboxylic acids is 1. The highest BCUT2D eigenvalue weighted by Gasteiger charge is 2.06. The molecular formula is C17H21ClN2O2. The second-order valence-corrected chi connectivity index (χ2v) is 5.10. The minimum Gasteiger partial charge on any atom is -1.00 e. The fraction of sp³-hybridized carbons (Fsp3) is 0.294. The van der Waals surface area contributed by atoms with Gasteiger partial charge in [0.1, 0.15) is 5.75 Å². The summed E-state index contributed by atoms with van der Waals surface area (Å²) in [6.45, 7) is 3.03. The summed E-state index contributed by atoms with van der Waals surface area (Å²) in [4.78, 5) is 12.9. The van der Waals surface area contributed by atoms with Crippen LogP contribution in [0.2, 0.25) is 0 Å². The smallest absolute Gasteiger partial charge is 0.219 e. The molecule has 118 valence electrons. The molecular weight excluding hydrogens is 300 g/mol. The summed E-state index contributed by atoms with van der Waals surface area (Å²) in [5, 5.41) is 0. The predicted octanol–water partition coefficient (Wildman–Crippen LogP) is -0.987. The molecule has 22 heavy (non-hydrogen) atoms. The number of amides is 1. The molecule has 1 amide bonds. The molecule has 5 heteroatoms. The highest BCUT2D eigenvalue weighted by molar-refractivity contribution is 5.72. The van der Waals surface area contributed by atoms with Crippen molar-refractivity contribution >= 4 is 5.91 Å². The zero-order valence-electron chi connectivity index (χ0n) is 13.1. The van der Waals surface area contributed by atoms with Crippen LogP contribution in [0, 0.1) is 0 Å². The molecule has 0 saturated heterocycles. The molecule has 0 unspecified atom stereocenters. The Morgan fingerprint density at radius 3 is 2.18 bits per heavy atom. The van der Waals surface area contributed by atoms with E-state index in [0.717, 1.165) is 17.9 Å². The van der Waals surface area contributed by atoms with Gasteiger partial charge >= 0.3 is 0 Å². The fourth-order valence-electron chi connectivity index (χ4n) is 2.03. The molecule has 0 aliphatic rings. The molecule has 0 saturated carbocycles. The van der Waals surface area contributed by atoms with Crippen LogP contribution < -0.4 is 21.7 Å². The van der Waals surface area contributed by atoms with E-state index < -0.39 is 0 Å². The van der Waals surface area contributed by atoms with Crippen molar-refractivity contribution in [2.75, 3.05) is 14.2 Å². The van der Waals surface area contributed by atoms with E-state index in [4.69, 9.17) is 4.74 Å². The van der Waals surface area contributed by atoms with Gasteiger partial charge in [-0.25, -0.2) is 4.57 Å². The maximum atomic E-state index is 11.2. The Balaban J connectivity index is 0.00000242. The molecule has 0 aliphatic heterocycles. The zero-order valence-corrected chi connectivity index (χ0v) is 13.9. The average molecular weight is 321 g/mol. The second kappa shape index (κ2) is 8.39. The first-order valence-electron chi connectivity index (χ1n) is 6.91. The van der Waals surface area contributed by atoms with Gasteiger partial charge in [-0.3, -0.25) is 4.79 Å². The Morgan fingerprint density at radius 1 is 1.09 bits per heavy atom. The van der Waals surface area contributed by atoms with Crippen LogP contribution in [0.1, 0.15) is 18.1 Å². The third kappa shape index (κ3) is 5.04. The third-order valence-corrected chi connectivity index (χ3v) is 3.44. The van der Waals surface area contributed by atoms with Gasteiger partial charge in [0.2, 0.25) is 5.91 Å². The molecule has 2 rings (SSSR count). The van der Waals surface area contributed by atoms with Gasteiger partial charge in [-0.1, -0.05) is 0 Å². The summed E-state index contributed by atoms with van der Waals surface area (Å²) < 4.78 is 7.26. The van der Waals surface area contributed by atoms with E-state index in [1.54, 1.807) is 26.0 Å². The third-order valence-electron chi connectivity index (χ3n) is 3.44. The summed E-state index contributed by atoms with van der Waals surface area (Å²) in [5.41, 5.74) is 2.34. The molecule has 1 aromatic heterocycles. The summed E-state index contributed by atoms with van der Waals surface area (Å²) >= 11 is 0. The van der Waals surface area contributed by atoms with Gasteiger partial charge in [0, 0.05) is 38.2 Å². The molecule has 0 radical (unpaired) electrons. The van der Waals surface area contributed by atoms with Crippen LogP contribution in [-0.4, -0.2) is 25.0 Å². The maximum Gasteiger partial charge on any atom is 0.219 e. The van der Waals surface area contributed by atoms with Gasteiger partial charge in [0.25, 0.3) is 0 Å². The Bertz CT molecular complexity index is 597. The van der Waals surface area contributed by atoms with Crippen molar-refractivity contribution in [2.45, 2.75) is 20.0 Å². The minimum atomic E-state index is 0. The lowest BCUT2D eigenvalue weighted by Gasteiger charge is -2.13.